The van der Waals surface area contributed by atoms with E-state index in [1.165, 1.54) is 109 Å². The van der Waals surface area contributed by atoms with Crippen molar-refractivity contribution in [1.82, 2.24) is 5.32 Å². The summed E-state index contributed by atoms with van der Waals surface area (Å²) in [5.41, 5.74) is 0. The molecule has 2 saturated heterocycles. The van der Waals surface area contributed by atoms with Crippen LogP contribution >= 0.6 is 0 Å². The number of unbranched alkanes of at least 4 members (excludes halogenated alkanes) is 21. The minimum absolute atomic E-state index is 0.226. The molecule has 2 rings (SSSR count). The van der Waals surface area contributed by atoms with Gasteiger partial charge >= 0.3 is 0 Å². The third-order valence-electron chi connectivity index (χ3n) is 14.9. The summed E-state index contributed by atoms with van der Waals surface area (Å²) in [4.78, 5) is 13.3. The summed E-state index contributed by atoms with van der Waals surface area (Å²) in [6.45, 7) is 2.64. The molecule has 470 valence electrons. The van der Waals surface area contributed by atoms with Crippen LogP contribution in [0.25, 0.3) is 0 Å². The van der Waals surface area contributed by atoms with Gasteiger partial charge in [0.2, 0.25) is 5.91 Å². The molecule has 82 heavy (non-hydrogen) atoms. The van der Waals surface area contributed by atoms with Crippen LogP contribution in [-0.2, 0) is 23.7 Å². The molecule has 12 atom stereocenters. The molecule has 0 bridgehead atoms. The first-order valence-electron chi connectivity index (χ1n) is 32.1. The maximum Gasteiger partial charge on any atom is 0.220 e. The Balaban J connectivity index is 1.78. The van der Waals surface area contributed by atoms with E-state index < -0.39 is 86.8 Å². The molecule has 9 N–H and O–H groups in total. The fourth-order valence-electron chi connectivity index (χ4n) is 9.82. The molecule has 14 heteroatoms. The van der Waals surface area contributed by atoms with Crippen molar-refractivity contribution in [1.29, 1.82) is 0 Å². The second kappa shape index (κ2) is 52.0. The Hall–Kier alpha value is -3.35. The van der Waals surface area contributed by atoms with Crippen molar-refractivity contribution < 1.29 is 64.6 Å². The summed E-state index contributed by atoms with van der Waals surface area (Å²) >= 11 is 0. The summed E-state index contributed by atoms with van der Waals surface area (Å²) in [6.07, 6.45) is 57.0. The number of amides is 1. The lowest BCUT2D eigenvalue weighted by molar-refractivity contribution is -0.359. The van der Waals surface area contributed by atoms with Gasteiger partial charge in [0, 0.05) is 6.42 Å². The van der Waals surface area contributed by atoms with Crippen LogP contribution in [0.2, 0.25) is 0 Å². The van der Waals surface area contributed by atoms with Crippen LogP contribution in [0.3, 0.4) is 0 Å². The predicted octanol–water partition coefficient (Wildman–Crippen LogP) is 12.0. The van der Waals surface area contributed by atoms with Crippen molar-refractivity contribution in [3.05, 3.63) is 109 Å². The van der Waals surface area contributed by atoms with Gasteiger partial charge in [-0.25, -0.2) is 0 Å². The average Bonchev–Trinajstić information content (AvgIpc) is 3.56. The molecule has 1 amide bonds. The molecule has 14 nitrogen and oxygen atoms in total. The number of aliphatic hydroxyl groups excluding tert-OH is 8. The third-order valence-corrected chi connectivity index (χ3v) is 14.9. The molecular formula is C68H115NO13. The third kappa shape index (κ3) is 36.5. The van der Waals surface area contributed by atoms with Crippen molar-refractivity contribution in [2.24, 2.45) is 0 Å². The maximum atomic E-state index is 13.3. The number of allylic oxidation sites excluding steroid dienone is 17. The quantitative estimate of drug-likeness (QED) is 0.0204. The molecule has 2 aliphatic heterocycles. The van der Waals surface area contributed by atoms with Crippen molar-refractivity contribution >= 4 is 5.91 Å². The topological polar surface area (TPSA) is 228 Å². The predicted molar refractivity (Wildman–Crippen MR) is 332 cm³/mol. The molecule has 2 fully saturated rings. The van der Waals surface area contributed by atoms with Gasteiger partial charge in [-0.05, 0) is 89.9 Å². The van der Waals surface area contributed by atoms with Crippen molar-refractivity contribution in [2.45, 2.75) is 293 Å². The minimum atomic E-state index is -1.80. The first-order chi connectivity index (χ1) is 40.1. The van der Waals surface area contributed by atoms with E-state index in [4.69, 9.17) is 18.9 Å². The van der Waals surface area contributed by atoms with Gasteiger partial charge in [0.05, 0.1) is 32.0 Å². The van der Waals surface area contributed by atoms with E-state index in [2.05, 4.69) is 116 Å². The molecule has 0 aliphatic carbocycles. The normalized spacial score (nSPS) is 24.7. The number of carbonyl (C=O) groups is 1. The molecule has 2 heterocycles. The summed E-state index contributed by atoms with van der Waals surface area (Å²) in [5, 5.41) is 87.2. The first kappa shape index (κ1) is 74.7. The highest BCUT2D eigenvalue weighted by molar-refractivity contribution is 5.76. The van der Waals surface area contributed by atoms with Gasteiger partial charge in [0.15, 0.2) is 12.6 Å². The highest BCUT2D eigenvalue weighted by atomic mass is 16.7. The smallest absolute Gasteiger partial charge is 0.220 e. The zero-order chi connectivity index (χ0) is 59.5. The molecule has 0 saturated carbocycles. The van der Waals surface area contributed by atoms with Crippen LogP contribution in [0.1, 0.15) is 219 Å². The number of nitrogens with one attached hydrogen (secondary N) is 1. The molecule has 12 unspecified atom stereocenters. The van der Waals surface area contributed by atoms with E-state index >= 15 is 0 Å². The molecule has 0 aromatic carbocycles. The van der Waals surface area contributed by atoms with Crippen molar-refractivity contribution in [3.63, 3.8) is 0 Å². The van der Waals surface area contributed by atoms with Crippen LogP contribution in [0, 0.1) is 0 Å². The molecule has 2 aliphatic rings. The van der Waals surface area contributed by atoms with Crippen LogP contribution < -0.4 is 5.32 Å². The van der Waals surface area contributed by atoms with Gasteiger partial charge in [-0.2, -0.15) is 0 Å². The Bertz CT molecular complexity index is 1790. The number of ether oxygens (including phenoxy) is 4. The largest absolute Gasteiger partial charge is 0.394 e. The summed E-state index contributed by atoms with van der Waals surface area (Å²) < 4.78 is 22.8. The maximum absolute atomic E-state index is 13.3. The SMILES string of the molecule is CC/C=C\C/C=C\C/C=C\C/C=C\C/C=C\C/C=C\C/C=C\CCCCCC(=O)NC(COC1OC(CO)C(OC2OC(CO)C(O)C(O)C2O)C(O)C1O)C(O)/C=C/CC/C=C/CCCCCCCCCCCCCCCCCCC. The Kier molecular flexibility index (Phi) is 47.4. The zero-order valence-electron chi connectivity index (χ0n) is 50.7. The Morgan fingerprint density at radius 1 is 0.451 bits per heavy atom. The van der Waals surface area contributed by atoms with Crippen molar-refractivity contribution in [2.75, 3.05) is 19.8 Å². The van der Waals surface area contributed by atoms with Gasteiger partial charge in [-0.15, -0.1) is 0 Å². The fourth-order valence-corrected chi connectivity index (χ4v) is 9.82. The van der Waals surface area contributed by atoms with Gasteiger partial charge in [-0.3, -0.25) is 4.79 Å². The lowest BCUT2D eigenvalue weighted by atomic mass is 9.97. The Labute approximate surface area is 495 Å². The van der Waals surface area contributed by atoms with Crippen LogP contribution in [0.4, 0.5) is 0 Å². The zero-order valence-corrected chi connectivity index (χ0v) is 50.7. The van der Waals surface area contributed by atoms with Crippen LogP contribution in [0.5, 0.6) is 0 Å². The monoisotopic (exact) mass is 1150 g/mol. The van der Waals surface area contributed by atoms with Crippen LogP contribution in [0.15, 0.2) is 109 Å². The molecule has 0 aromatic rings. The van der Waals surface area contributed by atoms with E-state index in [1.54, 1.807) is 6.08 Å². The van der Waals surface area contributed by atoms with E-state index in [1.807, 2.05) is 6.08 Å². The highest BCUT2D eigenvalue weighted by Gasteiger charge is 2.51. The van der Waals surface area contributed by atoms with Gasteiger partial charge in [0.25, 0.3) is 0 Å². The molecule has 0 aromatic heterocycles. The second-order valence-electron chi connectivity index (χ2n) is 22.1. The summed E-state index contributed by atoms with van der Waals surface area (Å²) in [5.74, 6) is -0.284. The van der Waals surface area contributed by atoms with Gasteiger partial charge in [0.1, 0.15) is 48.8 Å². The Morgan fingerprint density at radius 2 is 0.854 bits per heavy atom. The van der Waals surface area contributed by atoms with Crippen LogP contribution in [-0.4, -0.2) is 140 Å². The fraction of sp³-hybridized carbons (Fsp3) is 0.721. The first-order valence-corrected chi connectivity index (χ1v) is 32.1. The Morgan fingerprint density at radius 3 is 1.34 bits per heavy atom. The molecular weight excluding hydrogens is 1040 g/mol. The summed E-state index contributed by atoms with van der Waals surface area (Å²) in [7, 11) is 0. The summed E-state index contributed by atoms with van der Waals surface area (Å²) in [6, 6.07) is -0.959. The van der Waals surface area contributed by atoms with E-state index in [0.717, 1.165) is 77.0 Å². The second-order valence-corrected chi connectivity index (χ2v) is 22.1. The van der Waals surface area contributed by atoms with E-state index in [9.17, 15) is 45.6 Å². The van der Waals surface area contributed by atoms with Gasteiger partial charge in [-0.1, -0.05) is 232 Å². The lowest BCUT2D eigenvalue weighted by Crippen LogP contribution is -2.65. The lowest BCUT2D eigenvalue weighted by Gasteiger charge is -2.46. The molecule has 0 radical (unpaired) electrons. The minimum Gasteiger partial charge on any atom is -0.394 e. The van der Waals surface area contributed by atoms with Gasteiger partial charge < -0.3 is 65.1 Å². The standard InChI is InChI=1S/C68H115NO13/c1-3-5-7-9-11-13-15-17-19-21-23-25-27-28-30-32-34-36-38-40-42-44-46-48-50-52-60(73)69-56(55-79-67-65(78)63(76)66(59(54-71)81-67)82-68-64(77)62(75)61(74)58(53-70)80-68)57(72)51-49-47-45-43-41-39-37-35-33-31-29-26-24-22-20-18-16-14-12-10-8-6-4-2/h5,7,11,13,17,19,23,25,28,30,34,36,40-43,49,51,56-59,61-68,70-72,74-78H,3-4,6,8-10,12,14-16,18,20-22,24,26-27,29,31-33,35,37-39,44-48,50,52-55H2,1-2H3,(H,69,73)/b7-5-,13-11-,19-17-,25-23-,30-28-,36-34-,42-40-,43-41+,51-49+. The number of carbonyl (C=O) groups excluding carboxylic acids is 1. The number of aliphatic hydroxyl groups is 8. The van der Waals surface area contributed by atoms with E-state index in [0.29, 0.717) is 12.8 Å². The number of rotatable bonds is 50. The van der Waals surface area contributed by atoms with Crippen molar-refractivity contribution in [3.8, 4) is 0 Å². The van der Waals surface area contributed by atoms with E-state index in [-0.39, 0.29) is 18.9 Å². The number of hydrogen-bond acceptors (Lipinski definition) is 13. The highest BCUT2D eigenvalue weighted by Crippen LogP contribution is 2.30. The number of hydrogen-bond donors (Lipinski definition) is 9. The average molecular weight is 1150 g/mol. The molecule has 0 spiro atoms.